The van der Waals surface area contributed by atoms with Crippen LogP contribution in [0.2, 0.25) is 0 Å². The van der Waals surface area contributed by atoms with E-state index in [2.05, 4.69) is 37.5 Å². The maximum Gasteiger partial charge on any atom is 0.339 e. The molecule has 0 radical (unpaired) electrons. The van der Waals surface area contributed by atoms with Crippen LogP contribution in [0.25, 0.3) is 22.6 Å². The van der Waals surface area contributed by atoms with Gasteiger partial charge in [-0.25, -0.2) is 14.6 Å². The van der Waals surface area contributed by atoms with Gasteiger partial charge in [-0.3, -0.25) is 10.1 Å². The van der Waals surface area contributed by atoms with Gasteiger partial charge in [-0.2, -0.15) is 0 Å². The fourth-order valence-corrected chi connectivity index (χ4v) is 5.01. The summed E-state index contributed by atoms with van der Waals surface area (Å²) in [6.07, 6.45) is 3.56. The molecule has 8 nitrogen and oxygen atoms in total. The molecule has 1 aliphatic rings. The Hall–Kier alpha value is -4.20. The van der Waals surface area contributed by atoms with Crippen LogP contribution in [0, 0.1) is 11.3 Å². The molecule has 0 saturated heterocycles. The lowest BCUT2D eigenvalue weighted by molar-refractivity contribution is -0.123. The molecular formula is C33H39N3O5. The summed E-state index contributed by atoms with van der Waals surface area (Å²) in [6.45, 7) is 11.4. The molecule has 1 heterocycles. The Kier molecular flexibility index (Phi) is 8.52. The van der Waals surface area contributed by atoms with Crippen molar-refractivity contribution in [1.29, 1.82) is 0 Å². The van der Waals surface area contributed by atoms with Crippen LogP contribution in [0.1, 0.15) is 75.1 Å². The monoisotopic (exact) mass is 557 g/mol. The number of hydrogen-bond donors (Lipinski definition) is 2. The number of nitrogens with one attached hydrogen (secondary N) is 2. The van der Waals surface area contributed by atoms with Crippen LogP contribution in [0.3, 0.4) is 0 Å². The van der Waals surface area contributed by atoms with E-state index < -0.39 is 30.1 Å². The van der Waals surface area contributed by atoms with Gasteiger partial charge in [0.1, 0.15) is 5.75 Å². The van der Waals surface area contributed by atoms with E-state index in [9.17, 15) is 14.4 Å². The first-order chi connectivity index (χ1) is 19.2. The van der Waals surface area contributed by atoms with Crippen molar-refractivity contribution in [2.24, 2.45) is 11.3 Å². The standard InChI is InChI=1S/C33H39N3O5/c1-32(2,3)22-17-21(16-20-12-14-23(40-7)15-13-20)29-25(18-22)28(24-10-8-9-11-26(24)34-29)30(38)41-19-27(37)35-31(39)36-33(4,5)6/h8-16,22H,17-19H2,1-7H3,(H2,35,36,37,39)/b21-16+. The van der Waals surface area contributed by atoms with Gasteiger partial charge in [0, 0.05) is 10.9 Å². The number of rotatable bonds is 5. The molecule has 216 valence electrons. The second-order valence-corrected chi connectivity index (χ2v) is 12.6. The Bertz CT molecular complexity index is 1490. The number of para-hydroxylation sites is 1. The van der Waals surface area contributed by atoms with Gasteiger partial charge in [0.2, 0.25) is 0 Å². The second kappa shape index (κ2) is 11.7. The Morgan fingerprint density at radius 2 is 1.66 bits per heavy atom. The number of ether oxygens (including phenoxy) is 2. The highest BCUT2D eigenvalue weighted by Gasteiger charge is 2.35. The van der Waals surface area contributed by atoms with E-state index in [4.69, 9.17) is 14.5 Å². The molecule has 0 fully saturated rings. The third-order valence-electron chi connectivity index (χ3n) is 7.18. The summed E-state index contributed by atoms with van der Waals surface area (Å²) in [7, 11) is 1.64. The highest BCUT2D eigenvalue weighted by atomic mass is 16.5. The van der Waals surface area contributed by atoms with E-state index in [-0.39, 0.29) is 11.3 Å². The molecule has 4 rings (SSSR count). The molecule has 0 saturated carbocycles. The van der Waals surface area contributed by atoms with Crippen molar-refractivity contribution in [3.63, 3.8) is 0 Å². The van der Waals surface area contributed by atoms with Crippen LogP contribution in [0.15, 0.2) is 48.5 Å². The van der Waals surface area contributed by atoms with Gasteiger partial charge in [0.15, 0.2) is 6.61 Å². The van der Waals surface area contributed by atoms with E-state index in [1.54, 1.807) is 27.9 Å². The lowest BCUT2D eigenvalue weighted by atomic mass is 9.69. The Balaban J connectivity index is 1.73. The molecule has 0 spiro atoms. The van der Waals surface area contributed by atoms with Crippen LogP contribution in [0.4, 0.5) is 4.79 Å². The lowest BCUT2D eigenvalue weighted by Crippen LogP contribution is -2.49. The molecule has 8 heteroatoms. The number of benzene rings is 2. The number of amides is 3. The number of methoxy groups -OCH3 is 1. The predicted molar refractivity (Wildman–Crippen MR) is 161 cm³/mol. The van der Waals surface area contributed by atoms with Gasteiger partial charge in [-0.1, -0.05) is 51.1 Å². The average Bonchev–Trinajstić information content (AvgIpc) is 2.89. The zero-order valence-electron chi connectivity index (χ0n) is 24.9. The SMILES string of the molecule is COc1ccc(/C=C2\CC(C(C)(C)C)Cc3c2nc2ccccc2c3C(=O)OCC(=O)NC(=O)NC(C)(C)C)cc1. The van der Waals surface area contributed by atoms with Crippen molar-refractivity contribution in [3.8, 4) is 5.75 Å². The van der Waals surface area contributed by atoms with Crippen LogP contribution < -0.4 is 15.4 Å². The summed E-state index contributed by atoms with van der Waals surface area (Å²) in [5, 5.41) is 5.53. The third-order valence-corrected chi connectivity index (χ3v) is 7.18. The summed E-state index contributed by atoms with van der Waals surface area (Å²) in [5.74, 6) is -0.319. The maximum atomic E-state index is 13.7. The minimum absolute atomic E-state index is 0.0379. The quantitative estimate of drug-likeness (QED) is 0.363. The number of imide groups is 1. The zero-order chi connectivity index (χ0) is 29.9. The molecule has 2 N–H and O–H groups in total. The molecule has 3 amide bonds. The molecule has 1 aromatic heterocycles. The van der Waals surface area contributed by atoms with Gasteiger partial charge in [0.05, 0.1) is 23.9 Å². The smallest absolute Gasteiger partial charge is 0.339 e. The number of allylic oxidation sites excluding steroid dienone is 1. The molecule has 41 heavy (non-hydrogen) atoms. The molecule has 2 aromatic carbocycles. The average molecular weight is 558 g/mol. The largest absolute Gasteiger partial charge is 0.497 e. The van der Waals surface area contributed by atoms with Gasteiger partial charge in [-0.05, 0) is 85.9 Å². The van der Waals surface area contributed by atoms with Gasteiger partial charge in [0.25, 0.3) is 5.91 Å². The highest BCUT2D eigenvalue weighted by Crippen LogP contribution is 2.45. The van der Waals surface area contributed by atoms with Crippen molar-refractivity contribution < 1.29 is 23.9 Å². The number of urea groups is 1. The van der Waals surface area contributed by atoms with Crippen molar-refractivity contribution in [2.75, 3.05) is 13.7 Å². The summed E-state index contributed by atoms with van der Waals surface area (Å²) in [5.41, 5.74) is 4.14. The summed E-state index contributed by atoms with van der Waals surface area (Å²) < 4.78 is 10.8. The molecule has 0 bridgehead atoms. The molecule has 1 unspecified atom stereocenters. The number of carbonyl (C=O) groups excluding carboxylic acids is 3. The van der Waals surface area contributed by atoms with Crippen molar-refractivity contribution >= 4 is 40.5 Å². The maximum absolute atomic E-state index is 13.7. The summed E-state index contributed by atoms with van der Waals surface area (Å²) in [6, 6.07) is 14.6. The van der Waals surface area contributed by atoms with Crippen molar-refractivity contribution in [3.05, 3.63) is 70.9 Å². The third kappa shape index (κ3) is 7.31. The number of nitrogens with zero attached hydrogens (tertiary/aromatic N) is 1. The molecule has 3 aromatic rings. The Morgan fingerprint density at radius 1 is 0.976 bits per heavy atom. The number of aromatic nitrogens is 1. The number of esters is 1. The minimum Gasteiger partial charge on any atom is -0.497 e. The van der Waals surface area contributed by atoms with Gasteiger partial charge >= 0.3 is 12.0 Å². The minimum atomic E-state index is -0.708. The van der Waals surface area contributed by atoms with E-state index >= 15 is 0 Å². The summed E-state index contributed by atoms with van der Waals surface area (Å²) >= 11 is 0. The van der Waals surface area contributed by atoms with Crippen molar-refractivity contribution in [2.45, 2.75) is 59.9 Å². The van der Waals surface area contributed by atoms with Crippen LogP contribution in [0.5, 0.6) is 5.75 Å². The highest BCUT2D eigenvalue weighted by molar-refractivity contribution is 6.07. The second-order valence-electron chi connectivity index (χ2n) is 12.6. The van der Waals surface area contributed by atoms with Crippen molar-refractivity contribution in [1.82, 2.24) is 15.6 Å². The molecule has 1 aliphatic carbocycles. The first kappa shape index (κ1) is 29.8. The predicted octanol–water partition coefficient (Wildman–Crippen LogP) is 6.17. The van der Waals surface area contributed by atoms with E-state index in [0.29, 0.717) is 22.9 Å². The first-order valence-corrected chi connectivity index (χ1v) is 13.8. The lowest BCUT2D eigenvalue weighted by Gasteiger charge is -2.36. The van der Waals surface area contributed by atoms with E-state index in [1.165, 1.54) is 0 Å². The van der Waals surface area contributed by atoms with Crippen LogP contribution in [-0.4, -0.2) is 42.1 Å². The fourth-order valence-electron chi connectivity index (χ4n) is 5.01. The number of fused-ring (bicyclic) bond motifs is 2. The van der Waals surface area contributed by atoms with E-state index in [1.807, 2.05) is 48.5 Å². The Labute approximate surface area is 241 Å². The van der Waals surface area contributed by atoms with E-state index in [0.717, 1.165) is 34.6 Å². The fraction of sp³-hybridized carbons (Fsp3) is 0.394. The normalized spacial score (nSPS) is 16.2. The number of pyridine rings is 1. The zero-order valence-corrected chi connectivity index (χ0v) is 24.9. The molecule has 0 aliphatic heterocycles. The summed E-state index contributed by atoms with van der Waals surface area (Å²) in [4.78, 5) is 43.2. The Morgan fingerprint density at radius 3 is 2.29 bits per heavy atom. The number of hydrogen-bond acceptors (Lipinski definition) is 6. The van der Waals surface area contributed by atoms with Crippen LogP contribution >= 0.6 is 0 Å². The first-order valence-electron chi connectivity index (χ1n) is 13.8. The van der Waals surface area contributed by atoms with Crippen LogP contribution in [-0.2, 0) is 16.0 Å². The topological polar surface area (TPSA) is 107 Å². The van der Waals surface area contributed by atoms with Gasteiger partial charge in [-0.15, -0.1) is 0 Å². The van der Waals surface area contributed by atoms with Gasteiger partial charge < -0.3 is 14.8 Å². The number of carbonyl (C=O) groups is 3. The molecule has 1 atom stereocenters. The molecular weight excluding hydrogens is 518 g/mol.